The summed E-state index contributed by atoms with van der Waals surface area (Å²) >= 11 is 6.15. The van der Waals surface area contributed by atoms with Gasteiger partial charge in [0, 0.05) is 40.6 Å². The second kappa shape index (κ2) is 4.60. The van der Waals surface area contributed by atoms with Crippen LogP contribution < -0.4 is 5.32 Å². The summed E-state index contributed by atoms with van der Waals surface area (Å²) in [5.41, 5.74) is 4.03. The number of hydrogen-bond donors (Lipinski definition) is 1. The maximum atomic E-state index is 6.15. The fraction of sp³-hybridized carbons (Fsp3) is 0.467. The topological polar surface area (TPSA) is 17.0 Å². The number of benzene rings is 1. The van der Waals surface area contributed by atoms with Gasteiger partial charge in [0.2, 0.25) is 0 Å². The lowest BCUT2D eigenvalue weighted by atomic mass is 9.82. The largest absolute Gasteiger partial charge is 0.348 e. The van der Waals surface area contributed by atoms with Crippen molar-refractivity contribution in [2.45, 2.75) is 26.2 Å². The molecule has 0 aliphatic heterocycles. The molecule has 98 valence electrons. The Balaban J connectivity index is 2.77. The Morgan fingerprint density at radius 1 is 1.33 bits per heavy atom. The van der Waals surface area contributed by atoms with E-state index in [-0.39, 0.29) is 5.41 Å². The fourth-order valence-electron chi connectivity index (χ4n) is 2.93. The van der Waals surface area contributed by atoms with Crippen LogP contribution in [0.2, 0.25) is 5.02 Å². The average Bonchev–Trinajstić information content (AvgIpc) is 2.51. The minimum absolute atomic E-state index is 0.0863. The highest BCUT2D eigenvalue weighted by atomic mass is 35.5. The molecule has 1 aromatic carbocycles. The molecule has 3 heteroatoms. The molecular weight excluding hydrogens is 244 g/mol. The van der Waals surface area contributed by atoms with Crippen molar-refractivity contribution in [3.05, 3.63) is 34.5 Å². The average molecular weight is 265 g/mol. The Morgan fingerprint density at radius 3 is 2.61 bits per heavy atom. The van der Waals surface area contributed by atoms with Gasteiger partial charge in [-0.05, 0) is 37.7 Å². The smallest absolute Gasteiger partial charge is 0.0483 e. The summed E-state index contributed by atoms with van der Waals surface area (Å²) in [5.74, 6) is 0. The number of likely N-dealkylation sites (N-methyl/N-ethyl adjacent to an activating group) is 1. The molecule has 2 nitrogen and oxygen atoms in total. The van der Waals surface area contributed by atoms with Gasteiger partial charge >= 0.3 is 0 Å². The van der Waals surface area contributed by atoms with Gasteiger partial charge in [0.1, 0.15) is 0 Å². The lowest BCUT2D eigenvalue weighted by Gasteiger charge is -2.25. The maximum absolute atomic E-state index is 6.15. The van der Waals surface area contributed by atoms with Crippen LogP contribution in [-0.4, -0.2) is 18.2 Å². The van der Waals surface area contributed by atoms with Crippen molar-refractivity contribution in [1.29, 1.82) is 0 Å². The summed E-state index contributed by atoms with van der Waals surface area (Å²) in [6.07, 6.45) is 0. The van der Waals surface area contributed by atoms with Crippen LogP contribution in [0.25, 0.3) is 10.9 Å². The number of fused-ring (bicyclic) bond motifs is 1. The van der Waals surface area contributed by atoms with Gasteiger partial charge < -0.3 is 9.88 Å². The Labute approximate surface area is 114 Å². The first kappa shape index (κ1) is 13.4. The van der Waals surface area contributed by atoms with Crippen molar-refractivity contribution in [2.75, 3.05) is 13.6 Å². The zero-order valence-corrected chi connectivity index (χ0v) is 12.5. The van der Waals surface area contributed by atoms with E-state index >= 15 is 0 Å². The van der Waals surface area contributed by atoms with Crippen molar-refractivity contribution < 1.29 is 0 Å². The first-order valence-electron chi connectivity index (χ1n) is 6.28. The molecule has 0 amide bonds. The highest BCUT2D eigenvalue weighted by molar-refractivity contribution is 6.31. The van der Waals surface area contributed by atoms with Crippen LogP contribution >= 0.6 is 11.6 Å². The van der Waals surface area contributed by atoms with Crippen molar-refractivity contribution in [2.24, 2.45) is 7.05 Å². The molecular formula is C15H21ClN2. The Kier molecular flexibility index (Phi) is 3.43. The molecule has 0 spiro atoms. The fourth-order valence-corrected chi connectivity index (χ4v) is 3.10. The van der Waals surface area contributed by atoms with Gasteiger partial charge in [-0.3, -0.25) is 0 Å². The number of aryl methyl sites for hydroxylation is 1. The van der Waals surface area contributed by atoms with E-state index in [0.29, 0.717) is 0 Å². The van der Waals surface area contributed by atoms with E-state index in [4.69, 9.17) is 11.6 Å². The molecule has 0 saturated heterocycles. The van der Waals surface area contributed by atoms with Gasteiger partial charge in [0.05, 0.1) is 0 Å². The second-order valence-electron chi connectivity index (χ2n) is 5.60. The van der Waals surface area contributed by atoms with Crippen molar-refractivity contribution in [1.82, 2.24) is 9.88 Å². The van der Waals surface area contributed by atoms with E-state index < -0.39 is 0 Å². The molecule has 0 unspecified atom stereocenters. The van der Waals surface area contributed by atoms with Crippen LogP contribution in [0.3, 0.4) is 0 Å². The number of halogens is 1. The van der Waals surface area contributed by atoms with E-state index in [0.717, 1.165) is 11.6 Å². The number of aromatic nitrogens is 1. The minimum atomic E-state index is 0.0863. The van der Waals surface area contributed by atoms with E-state index in [9.17, 15) is 0 Å². The van der Waals surface area contributed by atoms with Crippen molar-refractivity contribution in [3.63, 3.8) is 0 Å². The number of rotatable bonds is 3. The van der Waals surface area contributed by atoms with Crippen LogP contribution in [0.15, 0.2) is 18.2 Å². The van der Waals surface area contributed by atoms with Crippen molar-refractivity contribution >= 4 is 22.5 Å². The predicted molar refractivity (Wildman–Crippen MR) is 79.6 cm³/mol. The maximum Gasteiger partial charge on any atom is 0.0483 e. The van der Waals surface area contributed by atoms with Crippen LogP contribution in [0.1, 0.15) is 25.1 Å². The third-order valence-electron chi connectivity index (χ3n) is 3.75. The predicted octanol–water partition coefficient (Wildman–Crippen LogP) is 3.64. The molecule has 0 saturated carbocycles. The van der Waals surface area contributed by atoms with Crippen LogP contribution in [-0.2, 0) is 12.5 Å². The molecule has 0 aliphatic carbocycles. The molecule has 1 N–H and O–H groups in total. The molecule has 0 aliphatic rings. The number of nitrogens with one attached hydrogen (secondary N) is 1. The van der Waals surface area contributed by atoms with E-state index in [1.165, 1.54) is 22.2 Å². The first-order valence-corrected chi connectivity index (χ1v) is 6.66. The van der Waals surface area contributed by atoms with Gasteiger partial charge in [-0.2, -0.15) is 0 Å². The van der Waals surface area contributed by atoms with Gasteiger partial charge in [-0.1, -0.05) is 25.4 Å². The molecule has 1 aromatic heterocycles. The highest BCUT2D eigenvalue weighted by Gasteiger charge is 2.27. The number of hydrogen-bond acceptors (Lipinski definition) is 1. The van der Waals surface area contributed by atoms with Gasteiger partial charge in [-0.25, -0.2) is 0 Å². The van der Waals surface area contributed by atoms with Crippen molar-refractivity contribution in [3.8, 4) is 0 Å². The van der Waals surface area contributed by atoms with E-state index in [1.54, 1.807) is 0 Å². The normalized spacial score (nSPS) is 12.3. The van der Waals surface area contributed by atoms with Crippen LogP contribution in [0, 0.1) is 6.92 Å². The minimum Gasteiger partial charge on any atom is -0.348 e. The molecule has 1 heterocycles. The third kappa shape index (κ3) is 2.04. The molecule has 0 radical (unpaired) electrons. The van der Waals surface area contributed by atoms with Crippen LogP contribution in [0.5, 0.6) is 0 Å². The summed E-state index contributed by atoms with van der Waals surface area (Å²) < 4.78 is 2.25. The zero-order chi connectivity index (χ0) is 13.5. The summed E-state index contributed by atoms with van der Waals surface area (Å²) in [7, 11) is 4.11. The monoisotopic (exact) mass is 264 g/mol. The van der Waals surface area contributed by atoms with Gasteiger partial charge in [0.25, 0.3) is 0 Å². The lowest BCUT2D eigenvalue weighted by Crippen LogP contribution is -2.31. The molecule has 0 atom stereocenters. The van der Waals surface area contributed by atoms with E-state index in [2.05, 4.69) is 49.8 Å². The second-order valence-corrected chi connectivity index (χ2v) is 6.03. The van der Waals surface area contributed by atoms with Crippen LogP contribution in [0.4, 0.5) is 0 Å². The van der Waals surface area contributed by atoms with Gasteiger partial charge in [0.15, 0.2) is 0 Å². The quantitative estimate of drug-likeness (QED) is 0.896. The zero-order valence-electron chi connectivity index (χ0n) is 11.8. The molecule has 0 bridgehead atoms. The molecule has 2 aromatic rings. The highest BCUT2D eigenvalue weighted by Crippen LogP contribution is 2.35. The Bertz CT molecular complexity index is 582. The first-order chi connectivity index (χ1) is 8.38. The standard InChI is InChI=1S/C15H21ClN2/c1-10-14(15(2,3)9-17-4)12-8-11(16)6-7-13(12)18(10)5/h6-8,17H,9H2,1-5H3. The molecule has 0 fully saturated rings. The van der Waals surface area contributed by atoms with Gasteiger partial charge in [-0.15, -0.1) is 0 Å². The third-order valence-corrected chi connectivity index (χ3v) is 3.98. The molecule has 18 heavy (non-hydrogen) atoms. The molecule has 2 rings (SSSR count). The summed E-state index contributed by atoms with van der Waals surface area (Å²) in [5, 5.41) is 5.35. The Morgan fingerprint density at radius 2 is 2.00 bits per heavy atom. The summed E-state index contributed by atoms with van der Waals surface area (Å²) in [4.78, 5) is 0. The number of nitrogens with zero attached hydrogens (tertiary/aromatic N) is 1. The SMILES string of the molecule is CNCC(C)(C)c1c(C)n(C)c2ccc(Cl)cc12. The lowest BCUT2D eigenvalue weighted by molar-refractivity contribution is 0.493. The van der Waals surface area contributed by atoms with E-state index in [1.807, 2.05) is 13.1 Å². The summed E-state index contributed by atoms with van der Waals surface area (Å²) in [6, 6.07) is 6.14. The summed E-state index contributed by atoms with van der Waals surface area (Å²) in [6.45, 7) is 7.67. The Hall–Kier alpha value is -0.990.